The molecule has 0 radical (unpaired) electrons. The Hall–Kier alpha value is -1.44. The second kappa shape index (κ2) is 7.02. The number of hydrogen-bond donors (Lipinski definition) is 2. The lowest BCUT2D eigenvalue weighted by molar-refractivity contribution is -0.0251. The third kappa shape index (κ3) is 3.81. The van der Waals surface area contributed by atoms with Gasteiger partial charge in [0.2, 0.25) is 0 Å². The van der Waals surface area contributed by atoms with Gasteiger partial charge in [-0.2, -0.15) is 0 Å². The minimum absolute atomic E-state index is 0.0475. The van der Waals surface area contributed by atoms with E-state index in [-0.39, 0.29) is 25.4 Å². The van der Waals surface area contributed by atoms with Gasteiger partial charge in [-0.25, -0.2) is 4.79 Å². The Morgan fingerprint density at radius 3 is 2.90 bits per heavy atom. The van der Waals surface area contributed by atoms with Crippen LogP contribution in [0.2, 0.25) is 0 Å². The van der Waals surface area contributed by atoms with Crippen molar-refractivity contribution < 1.29 is 14.6 Å². The van der Waals surface area contributed by atoms with E-state index in [1.165, 1.54) is 10.8 Å². The first-order chi connectivity index (χ1) is 10.0. The molecule has 0 amide bonds. The van der Waals surface area contributed by atoms with Crippen LogP contribution in [0.5, 0.6) is 0 Å². The zero-order chi connectivity index (χ0) is 15.4. The smallest absolute Gasteiger partial charge is 0.330 e. The molecule has 118 valence electrons. The minimum atomic E-state index is -0.504. The largest absolute Gasteiger partial charge is 0.394 e. The van der Waals surface area contributed by atoms with Gasteiger partial charge in [0, 0.05) is 6.20 Å². The second-order valence-corrected chi connectivity index (χ2v) is 5.32. The predicted octanol–water partition coefficient (Wildman–Crippen LogP) is 0.522. The topological polar surface area (TPSA) is 93.6 Å². The van der Waals surface area contributed by atoms with Crippen LogP contribution in [0.25, 0.3) is 0 Å². The number of H-pyrrole nitrogens is 1. The van der Waals surface area contributed by atoms with Gasteiger partial charge in [-0.05, 0) is 26.2 Å². The fraction of sp³-hybridized carbons (Fsp3) is 0.714. The van der Waals surface area contributed by atoms with Gasteiger partial charge in [-0.3, -0.25) is 14.3 Å². The molecule has 21 heavy (non-hydrogen) atoms. The molecule has 0 aliphatic carbocycles. The highest BCUT2D eigenvalue weighted by molar-refractivity contribution is 5.03. The highest BCUT2D eigenvalue weighted by Gasteiger charge is 2.27. The van der Waals surface area contributed by atoms with E-state index in [2.05, 4.69) is 4.98 Å². The highest BCUT2D eigenvalue weighted by Crippen LogP contribution is 2.26. The summed E-state index contributed by atoms with van der Waals surface area (Å²) in [6, 6.07) is 0. The number of rotatable bonds is 6. The maximum atomic E-state index is 11.9. The van der Waals surface area contributed by atoms with E-state index in [9.17, 15) is 9.59 Å². The van der Waals surface area contributed by atoms with Gasteiger partial charge in [0.1, 0.15) is 6.23 Å². The van der Waals surface area contributed by atoms with Crippen molar-refractivity contribution in [1.82, 2.24) is 9.55 Å². The number of hydrogen-bond acceptors (Lipinski definition) is 5. The van der Waals surface area contributed by atoms with Gasteiger partial charge < -0.3 is 14.6 Å². The molecular formula is C14H22N2O5. The maximum Gasteiger partial charge on any atom is 0.330 e. The number of aliphatic hydroxyl groups excluding tert-OH is 1. The summed E-state index contributed by atoms with van der Waals surface area (Å²) in [6.45, 7) is 4.01. The van der Waals surface area contributed by atoms with Gasteiger partial charge in [-0.1, -0.05) is 6.92 Å². The Kier molecular flexibility index (Phi) is 5.33. The van der Waals surface area contributed by atoms with Crippen LogP contribution in [0.1, 0.15) is 44.9 Å². The monoisotopic (exact) mass is 298 g/mol. The van der Waals surface area contributed by atoms with E-state index in [0.29, 0.717) is 18.4 Å². The molecular weight excluding hydrogens is 276 g/mol. The van der Waals surface area contributed by atoms with Crippen LogP contribution >= 0.6 is 0 Å². The molecule has 0 saturated carbocycles. The Bertz CT molecular complexity index is 579. The van der Waals surface area contributed by atoms with Crippen LogP contribution in [0.4, 0.5) is 0 Å². The van der Waals surface area contributed by atoms with Crippen molar-refractivity contribution in [2.45, 2.75) is 58.2 Å². The summed E-state index contributed by atoms with van der Waals surface area (Å²) < 4.78 is 12.5. The standard InChI is InChI=1S/C14H22N2O5/c1-3-9(2)20-8-10-6-16(14(19)15-13(10)18)12-5-4-11(7-17)21-12/h6,9,11-12,17H,3-5,7-8H2,1-2H3,(H,15,18,19)/t9?,11-,12+/m0/s1. The summed E-state index contributed by atoms with van der Waals surface area (Å²) in [7, 11) is 0. The summed E-state index contributed by atoms with van der Waals surface area (Å²) in [5, 5.41) is 9.08. The van der Waals surface area contributed by atoms with Crippen molar-refractivity contribution in [3.05, 3.63) is 32.6 Å². The Morgan fingerprint density at radius 1 is 1.52 bits per heavy atom. The van der Waals surface area contributed by atoms with Gasteiger partial charge >= 0.3 is 5.69 Å². The van der Waals surface area contributed by atoms with E-state index in [4.69, 9.17) is 14.6 Å². The Balaban J connectivity index is 2.19. The van der Waals surface area contributed by atoms with Crippen molar-refractivity contribution in [3.63, 3.8) is 0 Å². The third-order valence-electron chi connectivity index (χ3n) is 3.74. The van der Waals surface area contributed by atoms with Gasteiger partial charge in [0.05, 0.1) is 31.0 Å². The first-order valence-corrected chi connectivity index (χ1v) is 7.27. The molecule has 1 aromatic heterocycles. The first-order valence-electron chi connectivity index (χ1n) is 7.27. The van der Waals surface area contributed by atoms with Crippen LogP contribution in [0, 0.1) is 0 Å². The van der Waals surface area contributed by atoms with Crippen molar-refractivity contribution in [1.29, 1.82) is 0 Å². The molecule has 1 unspecified atom stereocenters. The quantitative estimate of drug-likeness (QED) is 0.798. The van der Waals surface area contributed by atoms with E-state index in [0.717, 1.165) is 6.42 Å². The average molecular weight is 298 g/mol. The van der Waals surface area contributed by atoms with Crippen LogP contribution in [-0.2, 0) is 16.1 Å². The number of ether oxygens (including phenoxy) is 2. The number of aliphatic hydroxyl groups is 1. The van der Waals surface area contributed by atoms with Crippen molar-refractivity contribution >= 4 is 0 Å². The van der Waals surface area contributed by atoms with Gasteiger partial charge in [0.25, 0.3) is 5.56 Å². The zero-order valence-corrected chi connectivity index (χ0v) is 12.4. The van der Waals surface area contributed by atoms with Crippen LogP contribution in [0.3, 0.4) is 0 Å². The summed E-state index contributed by atoms with van der Waals surface area (Å²) in [4.78, 5) is 26.0. The maximum absolute atomic E-state index is 11.9. The summed E-state index contributed by atoms with van der Waals surface area (Å²) in [5.41, 5.74) is -0.543. The lowest BCUT2D eigenvalue weighted by atomic mass is 10.2. The molecule has 1 aliphatic heterocycles. The number of aromatic amines is 1. The van der Waals surface area contributed by atoms with Crippen LogP contribution < -0.4 is 11.2 Å². The Morgan fingerprint density at radius 2 is 2.29 bits per heavy atom. The first kappa shape index (κ1) is 15.9. The third-order valence-corrected chi connectivity index (χ3v) is 3.74. The van der Waals surface area contributed by atoms with Crippen LogP contribution in [0.15, 0.2) is 15.8 Å². The number of nitrogens with zero attached hydrogens (tertiary/aromatic N) is 1. The molecule has 7 heteroatoms. The molecule has 3 atom stereocenters. The van der Waals surface area contributed by atoms with E-state index < -0.39 is 17.5 Å². The summed E-state index contributed by atoms with van der Waals surface area (Å²) in [5.74, 6) is 0. The molecule has 1 aliphatic rings. The normalized spacial score (nSPS) is 23.4. The molecule has 2 rings (SSSR count). The molecule has 7 nitrogen and oxygen atoms in total. The number of aromatic nitrogens is 2. The zero-order valence-electron chi connectivity index (χ0n) is 12.4. The lowest BCUT2D eigenvalue weighted by Crippen LogP contribution is -2.34. The van der Waals surface area contributed by atoms with Gasteiger partial charge in [0.15, 0.2) is 0 Å². The highest BCUT2D eigenvalue weighted by atomic mass is 16.5. The van der Waals surface area contributed by atoms with E-state index >= 15 is 0 Å². The molecule has 2 N–H and O–H groups in total. The summed E-state index contributed by atoms with van der Waals surface area (Å²) in [6.07, 6.45) is 3.00. The van der Waals surface area contributed by atoms with Crippen molar-refractivity contribution in [3.8, 4) is 0 Å². The fourth-order valence-corrected chi connectivity index (χ4v) is 2.22. The fourth-order valence-electron chi connectivity index (χ4n) is 2.22. The van der Waals surface area contributed by atoms with Crippen LogP contribution in [-0.4, -0.2) is 33.5 Å². The van der Waals surface area contributed by atoms with E-state index in [1.807, 2.05) is 13.8 Å². The Labute approximate surface area is 122 Å². The molecule has 0 spiro atoms. The predicted molar refractivity (Wildman–Crippen MR) is 76.1 cm³/mol. The second-order valence-electron chi connectivity index (χ2n) is 5.32. The van der Waals surface area contributed by atoms with Gasteiger partial charge in [-0.15, -0.1) is 0 Å². The van der Waals surface area contributed by atoms with Crippen molar-refractivity contribution in [2.75, 3.05) is 6.61 Å². The van der Waals surface area contributed by atoms with Crippen molar-refractivity contribution in [2.24, 2.45) is 0 Å². The molecule has 0 bridgehead atoms. The lowest BCUT2D eigenvalue weighted by Gasteiger charge is -2.16. The molecule has 1 fully saturated rings. The summed E-state index contributed by atoms with van der Waals surface area (Å²) >= 11 is 0. The SMILES string of the molecule is CCC(C)OCc1cn([C@H]2CC[C@@H](CO)O2)c(=O)[nH]c1=O. The molecule has 1 aromatic rings. The minimum Gasteiger partial charge on any atom is -0.394 e. The van der Waals surface area contributed by atoms with E-state index in [1.54, 1.807) is 0 Å². The average Bonchev–Trinajstić information content (AvgIpc) is 2.94. The molecule has 2 heterocycles. The molecule has 0 aromatic carbocycles. The number of nitrogens with one attached hydrogen (secondary N) is 1. The molecule has 1 saturated heterocycles.